The summed E-state index contributed by atoms with van der Waals surface area (Å²) in [5, 5.41) is 10.4. The first kappa shape index (κ1) is 13.5. The summed E-state index contributed by atoms with van der Waals surface area (Å²) in [6.07, 6.45) is -0.711. The molecule has 1 atom stereocenters. The molecule has 0 saturated heterocycles. The number of aryl methyl sites for hydroxylation is 2. The van der Waals surface area contributed by atoms with Gasteiger partial charge in [0, 0.05) is 3.57 Å². The molecular formula is C15H14FIO. The van der Waals surface area contributed by atoms with Crippen LogP contribution in [-0.4, -0.2) is 5.11 Å². The van der Waals surface area contributed by atoms with Crippen LogP contribution in [0, 0.1) is 23.2 Å². The largest absolute Gasteiger partial charge is 0.384 e. The number of hydrogen-bond acceptors (Lipinski definition) is 1. The molecule has 0 radical (unpaired) electrons. The lowest BCUT2D eigenvalue weighted by atomic mass is 9.98. The Kier molecular flexibility index (Phi) is 4.02. The number of rotatable bonds is 2. The van der Waals surface area contributed by atoms with Crippen LogP contribution in [0.25, 0.3) is 0 Å². The van der Waals surface area contributed by atoms with Crippen LogP contribution >= 0.6 is 22.6 Å². The normalized spacial score (nSPS) is 12.5. The second-order valence-corrected chi connectivity index (χ2v) is 5.57. The zero-order valence-corrected chi connectivity index (χ0v) is 12.4. The maximum absolute atomic E-state index is 13.0. The van der Waals surface area contributed by atoms with Crippen molar-refractivity contribution >= 4 is 22.6 Å². The van der Waals surface area contributed by atoms with Gasteiger partial charge in [0.25, 0.3) is 0 Å². The Morgan fingerprint density at radius 2 is 1.78 bits per heavy atom. The van der Waals surface area contributed by atoms with E-state index in [0.29, 0.717) is 0 Å². The molecule has 2 aromatic carbocycles. The smallest absolute Gasteiger partial charge is 0.124 e. The highest BCUT2D eigenvalue weighted by atomic mass is 127. The molecule has 0 aromatic heterocycles. The van der Waals surface area contributed by atoms with E-state index in [1.165, 1.54) is 17.7 Å². The Hall–Kier alpha value is -0.940. The van der Waals surface area contributed by atoms with E-state index in [2.05, 4.69) is 0 Å². The van der Waals surface area contributed by atoms with Crippen LogP contribution in [-0.2, 0) is 0 Å². The molecule has 0 amide bonds. The molecule has 1 nitrogen and oxygen atoms in total. The third kappa shape index (κ3) is 2.72. The molecule has 0 heterocycles. The van der Waals surface area contributed by atoms with E-state index in [1.54, 1.807) is 6.07 Å². The zero-order chi connectivity index (χ0) is 13.3. The van der Waals surface area contributed by atoms with E-state index in [-0.39, 0.29) is 5.82 Å². The quantitative estimate of drug-likeness (QED) is 0.803. The van der Waals surface area contributed by atoms with Gasteiger partial charge in [0.05, 0.1) is 0 Å². The van der Waals surface area contributed by atoms with E-state index in [4.69, 9.17) is 0 Å². The lowest BCUT2D eigenvalue weighted by Crippen LogP contribution is -2.03. The van der Waals surface area contributed by atoms with Gasteiger partial charge in [0.1, 0.15) is 11.9 Å². The van der Waals surface area contributed by atoms with Crippen LogP contribution in [0.15, 0.2) is 36.4 Å². The summed E-state index contributed by atoms with van der Waals surface area (Å²) in [5.74, 6) is -0.282. The van der Waals surface area contributed by atoms with Crippen molar-refractivity contribution in [3.63, 3.8) is 0 Å². The molecule has 0 aliphatic rings. The van der Waals surface area contributed by atoms with E-state index in [0.717, 1.165) is 20.3 Å². The van der Waals surface area contributed by atoms with Crippen LogP contribution in [0.2, 0.25) is 0 Å². The Balaban J connectivity index is 2.41. The number of aliphatic hydroxyl groups is 1. The predicted octanol–water partition coefficient (Wildman–Crippen LogP) is 4.13. The monoisotopic (exact) mass is 356 g/mol. The molecule has 1 N–H and O–H groups in total. The molecule has 3 heteroatoms. The summed E-state index contributed by atoms with van der Waals surface area (Å²) in [5.41, 5.74) is 3.91. The van der Waals surface area contributed by atoms with Gasteiger partial charge in [0.15, 0.2) is 0 Å². The fourth-order valence-electron chi connectivity index (χ4n) is 1.84. The van der Waals surface area contributed by atoms with Gasteiger partial charge in [-0.3, -0.25) is 0 Å². The second kappa shape index (κ2) is 5.36. The first-order chi connectivity index (χ1) is 8.49. The second-order valence-electron chi connectivity index (χ2n) is 4.41. The SMILES string of the molecule is Cc1ccc(C(O)c2ccc(F)cc2I)cc1C. The minimum Gasteiger partial charge on any atom is -0.384 e. The van der Waals surface area contributed by atoms with Crippen LogP contribution in [0.1, 0.15) is 28.4 Å². The minimum atomic E-state index is -0.711. The Bertz CT molecular complexity index is 581. The molecule has 0 aliphatic carbocycles. The molecule has 0 bridgehead atoms. The van der Waals surface area contributed by atoms with Gasteiger partial charge >= 0.3 is 0 Å². The molecule has 1 unspecified atom stereocenters. The summed E-state index contributed by atoms with van der Waals surface area (Å²) in [6, 6.07) is 10.3. The fourth-order valence-corrected chi connectivity index (χ4v) is 2.61. The van der Waals surface area contributed by atoms with Gasteiger partial charge < -0.3 is 5.11 Å². The van der Waals surface area contributed by atoms with Crippen LogP contribution in [0.3, 0.4) is 0 Å². The molecule has 18 heavy (non-hydrogen) atoms. The fraction of sp³-hybridized carbons (Fsp3) is 0.200. The average Bonchev–Trinajstić information content (AvgIpc) is 2.32. The van der Waals surface area contributed by atoms with E-state index in [9.17, 15) is 9.50 Å². The summed E-state index contributed by atoms with van der Waals surface area (Å²) in [7, 11) is 0. The van der Waals surface area contributed by atoms with Crippen molar-refractivity contribution < 1.29 is 9.50 Å². The maximum atomic E-state index is 13.0. The number of benzene rings is 2. The van der Waals surface area contributed by atoms with Crippen molar-refractivity contribution in [3.05, 3.63) is 68.0 Å². The number of aliphatic hydroxyl groups excluding tert-OH is 1. The molecule has 0 saturated carbocycles. The highest BCUT2D eigenvalue weighted by molar-refractivity contribution is 14.1. The van der Waals surface area contributed by atoms with Gasteiger partial charge in [-0.15, -0.1) is 0 Å². The lowest BCUT2D eigenvalue weighted by Gasteiger charge is -2.14. The maximum Gasteiger partial charge on any atom is 0.124 e. The van der Waals surface area contributed by atoms with Crippen LogP contribution in [0.4, 0.5) is 4.39 Å². The molecule has 0 aliphatic heterocycles. The standard InChI is InChI=1S/C15H14FIO/c1-9-3-4-11(7-10(9)2)15(18)13-6-5-12(16)8-14(13)17/h3-8,15,18H,1-2H3. The first-order valence-corrected chi connectivity index (χ1v) is 6.77. The summed E-state index contributed by atoms with van der Waals surface area (Å²) in [6.45, 7) is 4.05. The van der Waals surface area contributed by atoms with E-state index in [1.807, 2.05) is 54.6 Å². The number of halogens is 2. The van der Waals surface area contributed by atoms with Crippen molar-refractivity contribution in [2.24, 2.45) is 0 Å². The van der Waals surface area contributed by atoms with Gasteiger partial charge in [-0.2, -0.15) is 0 Å². The van der Waals surface area contributed by atoms with Crippen molar-refractivity contribution in [1.82, 2.24) is 0 Å². The molecule has 94 valence electrons. The van der Waals surface area contributed by atoms with Gasteiger partial charge in [-0.05, 0) is 70.8 Å². The highest BCUT2D eigenvalue weighted by Crippen LogP contribution is 2.27. The summed E-state index contributed by atoms with van der Waals surface area (Å²) >= 11 is 2.04. The van der Waals surface area contributed by atoms with E-state index >= 15 is 0 Å². The zero-order valence-electron chi connectivity index (χ0n) is 10.2. The molecule has 2 aromatic rings. The number of hydrogen-bond donors (Lipinski definition) is 1. The minimum absolute atomic E-state index is 0.282. The third-order valence-corrected chi connectivity index (χ3v) is 4.04. The Morgan fingerprint density at radius 1 is 1.06 bits per heavy atom. The molecule has 2 rings (SSSR count). The summed E-state index contributed by atoms with van der Waals surface area (Å²) in [4.78, 5) is 0. The van der Waals surface area contributed by atoms with Crippen LogP contribution < -0.4 is 0 Å². The molecule has 0 fully saturated rings. The molecule has 0 spiro atoms. The lowest BCUT2D eigenvalue weighted by molar-refractivity contribution is 0.219. The first-order valence-electron chi connectivity index (χ1n) is 5.69. The molecular weight excluding hydrogens is 342 g/mol. The highest BCUT2D eigenvalue weighted by Gasteiger charge is 2.14. The van der Waals surface area contributed by atoms with Gasteiger partial charge in [-0.1, -0.05) is 24.3 Å². The average molecular weight is 356 g/mol. The van der Waals surface area contributed by atoms with E-state index < -0.39 is 6.10 Å². The van der Waals surface area contributed by atoms with Crippen molar-refractivity contribution in [3.8, 4) is 0 Å². The van der Waals surface area contributed by atoms with Crippen molar-refractivity contribution in [2.75, 3.05) is 0 Å². The Morgan fingerprint density at radius 3 is 2.39 bits per heavy atom. The van der Waals surface area contributed by atoms with Crippen LogP contribution in [0.5, 0.6) is 0 Å². The third-order valence-electron chi connectivity index (χ3n) is 3.10. The van der Waals surface area contributed by atoms with Gasteiger partial charge in [0.2, 0.25) is 0 Å². The predicted molar refractivity (Wildman–Crippen MR) is 79.1 cm³/mol. The Labute approximate surface area is 120 Å². The van der Waals surface area contributed by atoms with Gasteiger partial charge in [-0.25, -0.2) is 4.39 Å². The topological polar surface area (TPSA) is 20.2 Å². The van der Waals surface area contributed by atoms with Crippen molar-refractivity contribution in [2.45, 2.75) is 20.0 Å². The van der Waals surface area contributed by atoms with Crippen molar-refractivity contribution in [1.29, 1.82) is 0 Å². The summed E-state index contributed by atoms with van der Waals surface area (Å²) < 4.78 is 13.8.